The van der Waals surface area contributed by atoms with Crippen molar-refractivity contribution in [2.45, 2.75) is 45.7 Å². The lowest BCUT2D eigenvalue weighted by Crippen LogP contribution is -2.33. The van der Waals surface area contributed by atoms with Gasteiger partial charge in [-0.3, -0.25) is 0 Å². The lowest BCUT2D eigenvalue weighted by Gasteiger charge is -2.38. The normalized spacial score (nSPS) is 33.3. The van der Waals surface area contributed by atoms with Gasteiger partial charge in [-0.05, 0) is 30.0 Å². The number of hydrogen-bond donors (Lipinski definition) is 0. The fourth-order valence-corrected chi connectivity index (χ4v) is 4.01. The van der Waals surface area contributed by atoms with E-state index in [-0.39, 0.29) is 0 Å². The highest BCUT2D eigenvalue weighted by molar-refractivity contribution is 7.42. The van der Waals surface area contributed by atoms with Crippen LogP contribution in [0.25, 0.3) is 0 Å². The summed E-state index contributed by atoms with van der Waals surface area (Å²) in [5.74, 6) is 0.807. The molecule has 72 valence electrons. The third kappa shape index (κ3) is 1.62. The van der Waals surface area contributed by atoms with Gasteiger partial charge in [-0.1, -0.05) is 41.1 Å². The predicted octanol–water partition coefficient (Wildman–Crippen LogP) is 3.89. The van der Waals surface area contributed by atoms with E-state index < -0.39 is 0 Å². The highest BCUT2D eigenvalue weighted by Gasteiger charge is 2.33. The molecule has 0 N–H and O–H groups in total. The average Bonchev–Trinajstić information content (AvgIpc) is 2.19. The molecule has 0 aromatic rings. The highest BCUT2D eigenvalue weighted by atomic mass is 31.1. The van der Waals surface area contributed by atoms with Crippen LogP contribution < -0.4 is 0 Å². The smallest absolute Gasteiger partial charge is 0.0189 e. The molecule has 3 aliphatic rings. The standard InChI is InChI=1S/C12H19P/c1-4-12(2,3)11-9-5-7-10(13-11)8-6-9/h5,7,9-10H,4,6,8H2,1-3H3. The van der Waals surface area contributed by atoms with Crippen LogP contribution in [0.5, 0.6) is 0 Å². The van der Waals surface area contributed by atoms with Gasteiger partial charge in [0.1, 0.15) is 0 Å². The summed E-state index contributed by atoms with van der Waals surface area (Å²) < 4.78 is 0. The van der Waals surface area contributed by atoms with Gasteiger partial charge < -0.3 is 0 Å². The summed E-state index contributed by atoms with van der Waals surface area (Å²) in [6, 6.07) is 0. The zero-order valence-corrected chi connectivity index (χ0v) is 9.77. The number of rotatable bonds is 2. The van der Waals surface area contributed by atoms with Gasteiger partial charge in [0.2, 0.25) is 0 Å². The van der Waals surface area contributed by atoms with Crippen LogP contribution in [0.1, 0.15) is 40.0 Å². The van der Waals surface area contributed by atoms with Crippen molar-refractivity contribution in [2.75, 3.05) is 0 Å². The monoisotopic (exact) mass is 194 g/mol. The van der Waals surface area contributed by atoms with Crippen LogP contribution in [-0.2, 0) is 0 Å². The SMILES string of the molecule is CCC(C)(C)C1=PC2C=CC1CC2. The summed E-state index contributed by atoms with van der Waals surface area (Å²) in [6.45, 7) is 7.13. The molecule has 2 aliphatic heterocycles. The molecule has 0 aromatic carbocycles. The average molecular weight is 194 g/mol. The minimum atomic E-state index is 0.468. The Labute approximate surface area is 83.2 Å². The zero-order chi connectivity index (χ0) is 9.47. The molecule has 0 saturated carbocycles. The van der Waals surface area contributed by atoms with Gasteiger partial charge in [-0.15, -0.1) is 0 Å². The van der Waals surface area contributed by atoms with E-state index in [9.17, 15) is 0 Å². The van der Waals surface area contributed by atoms with Crippen molar-refractivity contribution in [2.24, 2.45) is 11.3 Å². The van der Waals surface area contributed by atoms with Crippen LogP contribution >= 0.6 is 8.20 Å². The first-order chi connectivity index (χ1) is 6.13. The molecule has 2 bridgehead atoms. The third-order valence-corrected chi connectivity index (χ3v) is 5.55. The number of allylic oxidation sites excluding steroid dienone is 2. The van der Waals surface area contributed by atoms with Gasteiger partial charge in [-0.2, -0.15) is 0 Å². The van der Waals surface area contributed by atoms with Crippen LogP contribution in [0.4, 0.5) is 0 Å². The summed E-state index contributed by atoms with van der Waals surface area (Å²) >= 11 is 0. The Balaban J connectivity index is 2.26. The Morgan fingerprint density at radius 3 is 2.54 bits per heavy atom. The van der Waals surface area contributed by atoms with E-state index >= 15 is 0 Å². The van der Waals surface area contributed by atoms with Gasteiger partial charge in [0.25, 0.3) is 0 Å². The molecular formula is C12H19P. The van der Waals surface area contributed by atoms with E-state index in [1.165, 1.54) is 19.3 Å². The predicted molar refractivity (Wildman–Crippen MR) is 61.7 cm³/mol. The van der Waals surface area contributed by atoms with Crippen molar-refractivity contribution < 1.29 is 0 Å². The summed E-state index contributed by atoms with van der Waals surface area (Å²) in [5, 5.41) is 1.80. The fourth-order valence-electron chi connectivity index (χ4n) is 2.27. The molecule has 13 heavy (non-hydrogen) atoms. The molecule has 0 radical (unpaired) electrons. The molecule has 0 aromatic heterocycles. The van der Waals surface area contributed by atoms with Crippen molar-refractivity contribution in [1.82, 2.24) is 0 Å². The first-order valence-corrected chi connectivity index (χ1v) is 6.36. The molecule has 2 atom stereocenters. The van der Waals surface area contributed by atoms with E-state index in [1.807, 2.05) is 0 Å². The van der Waals surface area contributed by atoms with E-state index in [1.54, 1.807) is 13.5 Å². The Morgan fingerprint density at radius 1 is 1.38 bits per heavy atom. The summed E-state index contributed by atoms with van der Waals surface area (Å²) in [7, 11) is 1.63. The molecule has 0 nitrogen and oxygen atoms in total. The first-order valence-electron chi connectivity index (χ1n) is 5.40. The second kappa shape index (κ2) is 3.24. The quantitative estimate of drug-likeness (QED) is 0.462. The lowest BCUT2D eigenvalue weighted by atomic mass is 9.77. The fraction of sp³-hybridized carbons (Fsp3) is 0.750. The minimum absolute atomic E-state index is 0.468. The maximum Gasteiger partial charge on any atom is 0.0189 e. The Bertz CT molecular complexity index is 260. The number of hydrogen-bond acceptors (Lipinski definition) is 0. The highest BCUT2D eigenvalue weighted by Crippen LogP contribution is 2.43. The molecule has 3 rings (SSSR count). The van der Waals surface area contributed by atoms with E-state index in [0.717, 1.165) is 11.6 Å². The Hall–Kier alpha value is -0.0900. The van der Waals surface area contributed by atoms with Crippen LogP contribution in [0.15, 0.2) is 12.2 Å². The maximum atomic E-state index is 2.46. The van der Waals surface area contributed by atoms with Crippen molar-refractivity contribution >= 4 is 13.5 Å². The Kier molecular flexibility index (Phi) is 2.36. The topological polar surface area (TPSA) is 0 Å². The van der Waals surface area contributed by atoms with Gasteiger partial charge in [0.15, 0.2) is 0 Å². The van der Waals surface area contributed by atoms with Gasteiger partial charge in [0, 0.05) is 11.6 Å². The number of fused-ring (bicyclic) bond motifs is 1. The van der Waals surface area contributed by atoms with Crippen LogP contribution in [-0.4, -0.2) is 11.0 Å². The largest absolute Gasteiger partial charge is 0.0966 e. The van der Waals surface area contributed by atoms with Crippen molar-refractivity contribution in [3.63, 3.8) is 0 Å². The van der Waals surface area contributed by atoms with E-state index in [2.05, 4.69) is 32.9 Å². The van der Waals surface area contributed by atoms with Gasteiger partial charge in [-0.25, -0.2) is 0 Å². The molecule has 0 spiro atoms. The van der Waals surface area contributed by atoms with Crippen molar-refractivity contribution in [3.8, 4) is 0 Å². The van der Waals surface area contributed by atoms with E-state index in [4.69, 9.17) is 0 Å². The van der Waals surface area contributed by atoms with Crippen LogP contribution in [0, 0.1) is 11.3 Å². The molecular weight excluding hydrogens is 175 g/mol. The summed E-state index contributed by atoms with van der Waals surface area (Å²) in [6.07, 6.45) is 9.01. The Morgan fingerprint density at radius 2 is 2.15 bits per heavy atom. The minimum Gasteiger partial charge on any atom is -0.0966 e. The molecule has 2 unspecified atom stereocenters. The van der Waals surface area contributed by atoms with Gasteiger partial charge in [0.05, 0.1) is 0 Å². The third-order valence-electron chi connectivity index (χ3n) is 3.57. The van der Waals surface area contributed by atoms with E-state index in [0.29, 0.717) is 5.41 Å². The van der Waals surface area contributed by atoms with Crippen LogP contribution in [0.2, 0.25) is 0 Å². The van der Waals surface area contributed by atoms with Crippen molar-refractivity contribution in [3.05, 3.63) is 12.2 Å². The first kappa shape index (κ1) is 9.46. The summed E-state index contributed by atoms with van der Waals surface area (Å²) in [5.41, 5.74) is 1.32. The molecule has 2 heterocycles. The summed E-state index contributed by atoms with van der Waals surface area (Å²) in [4.78, 5) is 0. The molecule has 0 fully saturated rings. The van der Waals surface area contributed by atoms with Crippen LogP contribution in [0.3, 0.4) is 0 Å². The second-order valence-electron chi connectivity index (χ2n) is 4.89. The molecule has 1 aliphatic carbocycles. The zero-order valence-electron chi connectivity index (χ0n) is 8.88. The van der Waals surface area contributed by atoms with Crippen molar-refractivity contribution in [1.29, 1.82) is 0 Å². The molecule has 1 heteroatoms. The second-order valence-corrected chi connectivity index (χ2v) is 6.29. The maximum absolute atomic E-state index is 2.46. The molecule has 0 saturated heterocycles. The lowest BCUT2D eigenvalue weighted by molar-refractivity contribution is 0.476. The van der Waals surface area contributed by atoms with Gasteiger partial charge >= 0.3 is 0 Å². The molecule has 0 amide bonds.